The van der Waals surface area contributed by atoms with Gasteiger partial charge in [-0.25, -0.2) is 9.63 Å². The van der Waals surface area contributed by atoms with Gasteiger partial charge < -0.3 is 4.42 Å². The summed E-state index contributed by atoms with van der Waals surface area (Å²) in [5.41, 5.74) is 2.46. The fraction of sp³-hybridized carbons (Fsp3) is 0.0667. The molecular formula is C15H13N3O4S. The van der Waals surface area contributed by atoms with Crippen LogP contribution in [0.4, 0.5) is 0 Å². The van der Waals surface area contributed by atoms with E-state index in [0.717, 1.165) is 11.1 Å². The Balaban J connectivity index is 1.82. The van der Waals surface area contributed by atoms with E-state index in [-0.39, 0.29) is 10.5 Å². The van der Waals surface area contributed by atoms with Gasteiger partial charge in [0.2, 0.25) is 0 Å². The van der Waals surface area contributed by atoms with Crippen LogP contribution in [-0.2, 0) is 10.0 Å². The highest BCUT2D eigenvalue weighted by atomic mass is 32.2. The van der Waals surface area contributed by atoms with Crippen LogP contribution in [0.5, 0.6) is 0 Å². The Morgan fingerprint density at radius 1 is 1.17 bits per heavy atom. The number of hydrogen-bond donors (Lipinski definition) is 2. The SMILES string of the molecule is Cc1ccc(/C=N/NS(=O)(=O)c2ccc3[nH]c(=O)oc3c2)cc1. The van der Waals surface area contributed by atoms with Crippen molar-refractivity contribution in [3.63, 3.8) is 0 Å². The number of aryl methyl sites for hydroxylation is 1. The average Bonchev–Trinajstić information content (AvgIpc) is 2.88. The second-order valence-corrected chi connectivity index (χ2v) is 6.60. The van der Waals surface area contributed by atoms with E-state index in [1.165, 1.54) is 24.4 Å². The van der Waals surface area contributed by atoms with Crippen molar-refractivity contribution >= 4 is 27.3 Å². The monoisotopic (exact) mass is 331 g/mol. The van der Waals surface area contributed by atoms with Crippen molar-refractivity contribution in [3.8, 4) is 0 Å². The predicted molar refractivity (Wildman–Crippen MR) is 85.9 cm³/mol. The minimum absolute atomic E-state index is 0.0474. The quantitative estimate of drug-likeness (QED) is 0.561. The molecule has 0 aliphatic carbocycles. The third kappa shape index (κ3) is 3.32. The number of hydrazone groups is 1. The standard InChI is InChI=1S/C15H13N3O4S/c1-10-2-4-11(5-3-10)9-16-18-23(20,21)12-6-7-13-14(8-12)22-15(19)17-13/h2-9,18H,1H3,(H,17,19)/b16-9+. The Bertz CT molecular complexity index is 1030. The van der Waals surface area contributed by atoms with Crippen LogP contribution in [0.15, 0.2) is 61.7 Å². The van der Waals surface area contributed by atoms with Crippen LogP contribution in [0, 0.1) is 6.92 Å². The highest BCUT2D eigenvalue weighted by Crippen LogP contribution is 2.16. The van der Waals surface area contributed by atoms with Crippen LogP contribution in [-0.4, -0.2) is 19.6 Å². The molecule has 118 valence electrons. The van der Waals surface area contributed by atoms with Gasteiger partial charge in [0, 0.05) is 6.07 Å². The van der Waals surface area contributed by atoms with Gasteiger partial charge in [-0.2, -0.15) is 13.5 Å². The van der Waals surface area contributed by atoms with Crippen molar-refractivity contribution in [2.75, 3.05) is 0 Å². The molecule has 0 fully saturated rings. The molecule has 0 radical (unpaired) electrons. The second-order valence-electron chi connectivity index (χ2n) is 4.94. The molecule has 23 heavy (non-hydrogen) atoms. The lowest BCUT2D eigenvalue weighted by molar-refractivity contribution is 0.553. The molecule has 0 bridgehead atoms. The zero-order valence-corrected chi connectivity index (χ0v) is 12.9. The smallest absolute Gasteiger partial charge is 0.408 e. The summed E-state index contributed by atoms with van der Waals surface area (Å²) >= 11 is 0. The number of aromatic nitrogens is 1. The van der Waals surface area contributed by atoms with Crippen LogP contribution in [0.1, 0.15) is 11.1 Å². The molecule has 1 aromatic heterocycles. The number of aromatic amines is 1. The Kier molecular flexibility index (Phi) is 3.75. The maximum absolute atomic E-state index is 12.2. The topological polar surface area (TPSA) is 105 Å². The zero-order chi connectivity index (χ0) is 16.4. The minimum Gasteiger partial charge on any atom is -0.408 e. The molecule has 0 atom stereocenters. The molecule has 0 unspecified atom stereocenters. The average molecular weight is 331 g/mol. The van der Waals surface area contributed by atoms with E-state index in [4.69, 9.17) is 4.42 Å². The highest BCUT2D eigenvalue weighted by molar-refractivity contribution is 7.89. The second kappa shape index (κ2) is 5.73. The van der Waals surface area contributed by atoms with E-state index < -0.39 is 15.8 Å². The number of fused-ring (bicyclic) bond motifs is 1. The van der Waals surface area contributed by atoms with Crippen molar-refractivity contribution in [1.29, 1.82) is 0 Å². The van der Waals surface area contributed by atoms with Gasteiger partial charge in [-0.1, -0.05) is 29.8 Å². The Labute approximate surface area is 131 Å². The number of H-pyrrole nitrogens is 1. The number of hydrogen-bond acceptors (Lipinski definition) is 5. The lowest BCUT2D eigenvalue weighted by Gasteiger charge is -2.02. The number of oxazole rings is 1. The van der Waals surface area contributed by atoms with Crippen molar-refractivity contribution in [1.82, 2.24) is 9.82 Å². The fourth-order valence-electron chi connectivity index (χ4n) is 1.97. The Morgan fingerprint density at radius 2 is 1.91 bits per heavy atom. The van der Waals surface area contributed by atoms with Gasteiger partial charge in [-0.05, 0) is 24.6 Å². The number of nitrogens with one attached hydrogen (secondary N) is 2. The number of rotatable bonds is 4. The maximum atomic E-state index is 12.2. The van der Waals surface area contributed by atoms with Gasteiger partial charge in [0.25, 0.3) is 10.0 Å². The number of nitrogens with zero attached hydrogens (tertiary/aromatic N) is 1. The molecular weight excluding hydrogens is 318 g/mol. The summed E-state index contributed by atoms with van der Waals surface area (Å²) in [5, 5.41) is 3.74. The maximum Gasteiger partial charge on any atom is 0.417 e. The fourth-order valence-corrected chi connectivity index (χ4v) is 2.77. The molecule has 2 aromatic carbocycles. The normalized spacial score (nSPS) is 12.0. The van der Waals surface area contributed by atoms with Crippen LogP contribution in [0.25, 0.3) is 11.1 Å². The summed E-state index contributed by atoms with van der Waals surface area (Å²) < 4.78 is 29.2. The first-order valence-corrected chi connectivity index (χ1v) is 8.17. The summed E-state index contributed by atoms with van der Waals surface area (Å²) in [4.78, 5) is 15.6. The summed E-state index contributed by atoms with van der Waals surface area (Å²) in [5.74, 6) is -0.639. The molecule has 0 saturated carbocycles. The minimum atomic E-state index is -3.84. The van der Waals surface area contributed by atoms with Gasteiger partial charge in [0.15, 0.2) is 5.58 Å². The molecule has 0 aliphatic heterocycles. The van der Waals surface area contributed by atoms with E-state index >= 15 is 0 Å². The van der Waals surface area contributed by atoms with E-state index in [9.17, 15) is 13.2 Å². The lowest BCUT2D eigenvalue weighted by atomic mass is 10.2. The summed E-state index contributed by atoms with van der Waals surface area (Å²) in [6.07, 6.45) is 1.41. The van der Waals surface area contributed by atoms with Crippen molar-refractivity contribution in [3.05, 3.63) is 64.1 Å². The molecule has 7 nitrogen and oxygen atoms in total. The van der Waals surface area contributed by atoms with Crippen molar-refractivity contribution < 1.29 is 12.8 Å². The van der Waals surface area contributed by atoms with E-state index in [0.29, 0.717) is 5.52 Å². The third-order valence-electron chi connectivity index (χ3n) is 3.17. The molecule has 0 spiro atoms. The van der Waals surface area contributed by atoms with Gasteiger partial charge in [0.1, 0.15) is 0 Å². The molecule has 1 heterocycles. The Morgan fingerprint density at radius 3 is 2.65 bits per heavy atom. The van der Waals surface area contributed by atoms with Crippen LogP contribution in [0.2, 0.25) is 0 Å². The van der Waals surface area contributed by atoms with Gasteiger partial charge in [-0.15, -0.1) is 0 Å². The molecule has 0 saturated heterocycles. The highest BCUT2D eigenvalue weighted by Gasteiger charge is 2.14. The largest absolute Gasteiger partial charge is 0.417 e. The Hall–Kier alpha value is -2.87. The molecule has 0 amide bonds. The molecule has 2 N–H and O–H groups in total. The van der Waals surface area contributed by atoms with E-state index in [1.54, 1.807) is 0 Å². The molecule has 3 rings (SSSR count). The van der Waals surface area contributed by atoms with Crippen LogP contribution >= 0.6 is 0 Å². The molecule has 3 aromatic rings. The third-order valence-corrected chi connectivity index (χ3v) is 4.39. The molecule has 0 aliphatic rings. The van der Waals surface area contributed by atoms with Gasteiger partial charge in [0.05, 0.1) is 16.6 Å². The first kappa shape index (κ1) is 15.0. The zero-order valence-electron chi connectivity index (χ0n) is 12.1. The summed E-state index contributed by atoms with van der Waals surface area (Å²) in [6, 6.07) is 11.5. The summed E-state index contributed by atoms with van der Waals surface area (Å²) in [7, 11) is -3.84. The first-order valence-electron chi connectivity index (χ1n) is 6.68. The molecule has 8 heteroatoms. The van der Waals surface area contributed by atoms with Gasteiger partial charge >= 0.3 is 5.76 Å². The van der Waals surface area contributed by atoms with E-state index in [2.05, 4.69) is 14.9 Å². The van der Waals surface area contributed by atoms with Gasteiger partial charge in [-0.3, -0.25) is 4.98 Å². The first-order chi connectivity index (χ1) is 10.9. The lowest BCUT2D eigenvalue weighted by Crippen LogP contribution is -2.18. The number of benzene rings is 2. The van der Waals surface area contributed by atoms with Crippen molar-refractivity contribution in [2.24, 2.45) is 5.10 Å². The van der Waals surface area contributed by atoms with Crippen molar-refractivity contribution in [2.45, 2.75) is 11.8 Å². The summed E-state index contributed by atoms with van der Waals surface area (Å²) in [6.45, 7) is 1.96. The number of sulfonamides is 1. The van der Waals surface area contributed by atoms with E-state index in [1.807, 2.05) is 31.2 Å². The predicted octanol–water partition coefficient (Wildman–Crippen LogP) is 1.74. The van der Waals surface area contributed by atoms with Crippen LogP contribution < -0.4 is 10.6 Å². The van der Waals surface area contributed by atoms with Crippen LogP contribution in [0.3, 0.4) is 0 Å².